The van der Waals surface area contributed by atoms with Crippen molar-refractivity contribution >= 4 is 18.7 Å². The number of halogens is 1. The van der Waals surface area contributed by atoms with E-state index in [1.807, 2.05) is 6.07 Å². The van der Waals surface area contributed by atoms with Crippen LogP contribution in [0.1, 0.15) is 11.5 Å². The van der Waals surface area contributed by atoms with E-state index in [-0.39, 0.29) is 17.9 Å². The molecule has 14 heavy (non-hydrogen) atoms. The van der Waals surface area contributed by atoms with Crippen LogP contribution in [0.4, 0.5) is 0 Å². The molecule has 0 saturated carbocycles. The molecule has 3 nitrogen and oxygen atoms in total. The minimum Gasteiger partial charge on any atom is -0.412 e. The summed E-state index contributed by atoms with van der Waals surface area (Å²) in [5.41, 5.74) is 1.38. The maximum Gasteiger partial charge on any atom is 0.0824 e. The van der Waals surface area contributed by atoms with E-state index >= 15 is 0 Å². The second-order valence-electron chi connectivity index (χ2n) is 3.01. The van der Waals surface area contributed by atoms with Crippen molar-refractivity contribution in [3.05, 3.63) is 35.9 Å². The van der Waals surface area contributed by atoms with Gasteiger partial charge in [0.05, 0.1) is 6.34 Å². The second kappa shape index (κ2) is 6.40. The van der Waals surface area contributed by atoms with Crippen molar-refractivity contribution in [1.82, 2.24) is 5.32 Å². The molecular formula is C10H15ClN2O. The summed E-state index contributed by atoms with van der Waals surface area (Å²) in [6.45, 7) is 1.92. The zero-order valence-electron chi connectivity index (χ0n) is 7.81. The molecule has 3 N–H and O–H groups in total. The summed E-state index contributed by atoms with van der Waals surface area (Å²) in [4.78, 5) is 4.20. The average molecular weight is 215 g/mol. The maximum atomic E-state index is 4.20. The van der Waals surface area contributed by atoms with Crippen molar-refractivity contribution in [2.45, 2.75) is 5.92 Å². The van der Waals surface area contributed by atoms with Gasteiger partial charge < -0.3 is 10.8 Å². The van der Waals surface area contributed by atoms with Crippen LogP contribution in [0.2, 0.25) is 0 Å². The molecule has 1 aliphatic heterocycles. The van der Waals surface area contributed by atoms with Gasteiger partial charge in [-0.2, -0.15) is 0 Å². The lowest BCUT2D eigenvalue weighted by Gasteiger charge is -2.18. The smallest absolute Gasteiger partial charge is 0.0824 e. The quantitative estimate of drug-likeness (QED) is 0.745. The van der Waals surface area contributed by atoms with Gasteiger partial charge in [0.15, 0.2) is 0 Å². The molecule has 1 atom stereocenters. The van der Waals surface area contributed by atoms with Gasteiger partial charge in [-0.05, 0) is 5.56 Å². The minimum absolute atomic E-state index is 0. The Morgan fingerprint density at radius 3 is 2.50 bits per heavy atom. The Balaban J connectivity index is 0.000000845. The zero-order valence-corrected chi connectivity index (χ0v) is 8.63. The van der Waals surface area contributed by atoms with Crippen molar-refractivity contribution in [3.63, 3.8) is 0 Å². The molecular weight excluding hydrogens is 200 g/mol. The van der Waals surface area contributed by atoms with Gasteiger partial charge in [-0.3, -0.25) is 4.99 Å². The highest BCUT2D eigenvalue weighted by Gasteiger charge is 2.11. The van der Waals surface area contributed by atoms with E-state index in [0.29, 0.717) is 5.92 Å². The Bertz CT molecular complexity index is 277. The fourth-order valence-electron chi connectivity index (χ4n) is 1.45. The van der Waals surface area contributed by atoms with Gasteiger partial charge in [0, 0.05) is 19.0 Å². The molecule has 0 saturated heterocycles. The summed E-state index contributed by atoms with van der Waals surface area (Å²) in [5, 5.41) is 3.14. The van der Waals surface area contributed by atoms with Gasteiger partial charge in [-0.15, -0.1) is 12.4 Å². The molecule has 1 heterocycles. The molecule has 0 aromatic heterocycles. The summed E-state index contributed by atoms with van der Waals surface area (Å²) in [7, 11) is 0. The molecule has 1 unspecified atom stereocenters. The van der Waals surface area contributed by atoms with Crippen molar-refractivity contribution in [2.24, 2.45) is 4.99 Å². The van der Waals surface area contributed by atoms with Gasteiger partial charge in [-0.1, -0.05) is 30.3 Å². The molecule has 2 rings (SSSR count). The van der Waals surface area contributed by atoms with Crippen LogP contribution in [0.3, 0.4) is 0 Å². The Hall–Kier alpha value is -1.06. The van der Waals surface area contributed by atoms with Gasteiger partial charge in [-0.25, -0.2) is 0 Å². The fraction of sp³-hybridized carbons (Fsp3) is 0.300. The van der Waals surface area contributed by atoms with E-state index in [1.54, 1.807) is 6.34 Å². The van der Waals surface area contributed by atoms with Crippen molar-refractivity contribution in [3.8, 4) is 0 Å². The van der Waals surface area contributed by atoms with E-state index < -0.39 is 0 Å². The average Bonchev–Trinajstić information content (AvgIpc) is 2.21. The van der Waals surface area contributed by atoms with Crippen LogP contribution >= 0.6 is 12.4 Å². The highest BCUT2D eigenvalue weighted by molar-refractivity contribution is 5.85. The Labute approximate surface area is 90.0 Å². The predicted octanol–water partition coefficient (Wildman–Crippen LogP) is 0.999. The monoisotopic (exact) mass is 214 g/mol. The lowest BCUT2D eigenvalue weighted by atomic mass is 9.99. The first-order chi connectivity index (χ1) is 5.97. The molecule has 0 aliphatic carbocycles. The van der Waals surface area contributed by atoms with E-state index in [9.17, 15) is 0 Å². The van der Waals surface area contributed by atoms with Crippen molar-refractivity contribution in [1.29, 1.82) is 0 Å². The highest BCUT2D eigenvalue weighted by Crippen LogP contribution is 2.15. The SMILES string of the molecule is C1=NCC(c2ccccc2)CN1.Cl.O. The predicted molar refractivity (Wildman–Crippen MR) is 61.4 cm³/mol. The van der Waals surface area contributed by atoms with Crippen LogP contribution in [-0.2, 0) is 0 Å². The topological polar surface area (TPSA) is 55.9 Å². The molecule has 0 fully saturated rings. The van der Waals surface area contributed by atoms with Gasteiger partial charge in [0.2, 0.25) is 0 Å². The Morgan fingerprint density at radius 2 is 1.93 bits per heavy atom. The number of rotatable bonds is 1. The summed E-state index contributed by atoms with van der Waals surface area (Å²) in [6.07, 6.45) is 1.79. The fourth-order valence-corrected chi connectivity index (χ4v) is 1.45. The molecule has 1 aromatic carbocycles. The number of hydrogen-bond acceptors (Lipinski definition) is 2. The largest absolute Gasteiger partial charge is 0.412 e. The molecule has 0 bridgehead atoms. The lowest BCUT2D eigenvalue weighted by molar-refractivity contribution is 0.648. The third-order valence-corrected chi connectivity index (χ3v) is 2.14. The normalized spacial score (nSPS) is 18.7. The third kappa shape index (κ3) is 3.01. The van der Waals surface area contributed by atoms with Crippen molar-refractivity contribution < 1.29 is 5.48 Å². The molecule has 1 aromatic rings. The number of benzene rings is 1. The second-order valence-corrected chi connectivity index (χ2v) is 3.01. The van der Waals surface area contributed by atoms with Gasteiger partial charge in [0.1, 0.15) is 0 Å². The summed E-state index contributed by atoms with van der Waals surface area (Å²) in [6, 6.07) is 10.5. The molecule has 4 heteroatoms. The minimum atomic E-state index is 0. The van der Waals surface area contributed by atoms with Gasteiger partial charge >= 0.3 is 0 Å². The van der Waals surface area contributed by atoms with E-state index in [4.69, 9.17) is 0 Å². The lowest BCUT2D eigenvalue weighted by Crippen LogP contribution is -2.26. The van der Waals surface area contributed by atoms with E-state index in [2.05, 4.69) is 34.6 Å². The maximum absolute atomic E-state index is 4.20. The first kappa shape index (κ1) is 12.9. The number of nitrogens with zero attached hydrogens (tertiary/aromatic N) is 1. The van der Waals surface area contributed by atoms with Crippen LogP contribution in [0.15, 0.2) is 35.3 Å². The number of aliphatic imine (C=N–C) groups is 1. The third-order valence-electron chi connectivity index (χ3n) is 2.14. The number of nitrogens with one attached hydrogen (secondary N) is 1. The van der Waals surface area contributed by atoms with Crippen LogP contribution in [0.25, 0.3) is 0 Å². The summed E-state index contributed by atoms with van der Waals surface area (Å²) < 4.78 is 0. The van der Waals surface area contributed by atoms with E-state index in [1.165, 1.54) is 5.56 Å². The molecule has 0 amide bonds. The molecule has 78 valence electrons. The van der Waals surface area contributed by atoms with Crippen molar-refractivity contribution in [2.75, 3.05) is 13.1 Å². The Morgan fingerprint density at radius 1 is 1.21 bits per heavy atom. The van der Waals surface area contributed by atoms with Gasteiger partial charge in [0.25, 0.3) is 0 Å². The standard InChI is InChI=1S/C10H12N2.ClH.H2O/c1-2-4-9(5-3-1)10-6-11-8-12-7-10;;/h1-5,8,10H,6-7H2,(H,11,12);1H;1H2. The first-order valence-electron chi connectivity index (χ1n) is 4.23. The highest BCUT2D eigenvalue weighted by atomic mass is 35.5. The summed E-state index contributed by atoms with van der Waals surface area (Å²) in [5.74, 6) is 0.552. The molecule has 0 radical (unpaired) electrons. The Kier molecular flexibility index (Phi) is 5.92. The zero-order chi connectivity index (χ0) is 8.23. The van der Waals surface area contributed by atoms with E-state index in [0.717, 1.165) is 13.1 Å². The first-order valence-corrected chi connectivity index (χ1v) is 4.23. The summed E-state index contributed by atoms with van der Waals surface area (Å²) >= 11 is 0. The van der Waals surface area contributed by atoms with Crippen LogP contribution in [0, 0.1) is 0 Å². The van der Waals surface area contributed by atoms with Crippen LogP contribution < -0.4 is 5.32 Å². The molecule has 0 spiro atoms. The van der Waals surface area contributed by atoms with Crippen LogP contribution in [-0.4, -0.2) is 24.9 Å². The molecule has 1 aliphatic rings. The van der Waals surface area contributed by atoms with Crippen LogP contribution in [0.5, 0.6) is 0 Å². The number of hydrogen-bond donors (Lipinski definition) is 1.